The van der Waals surface area contributed by atoms with Gasteiger partial charge in [-0.25, -0.2) is 9.37 Å². The van der Waals surface area contributed by atoms with E-state index in [1.165, 1.54) is 12.1 Å². The van der Waals surface area contributed by atoms with Crippen molar-refractivity contribution in [2.75, 3.05) is 18.8 Å². The molecule has 2 aromatic heterocycles. The molecule has 38 heavy (non-hydrogen) atoms. The lowest BCUT2D eigenvalue weighted by Crippen LogP contribution is -2.32. The fourth-order valence-electron chi connectivity index (χ4n) is 5.04. The van der Waals surface area contributed by atoms with Crippen LogP contribution in [0.25, 0.3) is 27.7 Å². The van der Waals surface area contributed by atoms with Crippen LogP contribution in [0.1, 0.15) is 30.0 Å². The van der Waals surface area contributed by atoms with Crippen molar-refractivity contribution in [1.29, 1.82) is 0 Å². The second-order valence-electron chi connectivity index (χ2n) is 9.50. The monoisotopic (exact) mass is 505 g/mol. The average Bonchev–Trinajstić information content (AvgIpc) is 3.36. The van der Waals surface area contributed by atoms with E-state index in [0.717, 1.165) is 76.3 Å². The molecule has 3 N–H and O–H groups in total. The number of fused-ring (bicyclic) bond motifs is 1. The van der Waals surface area contributed by atoms with Gasteiger partial charge in [-0.3, -0.25) is 4.68 Å². The van der Waals surface area contributed by atoms with E-state index < -0.39 is 0 Å². The first-order valence-electron chi connectivity index (χ1n) is 12.7. The Hall–Kier alpha value is -4.49. The molecule has 0 amide bonds. The number of aromatic nitrogens is 3. The summed E-state index contributed by atoms with van der Waals surface area (Å²) in [4.78, 5) is 4.54. The number of rotatable bonds is 6. The molecule has 6 nitrogen and oxygen atoms in total. The van der Waals surface area contributed by atoms with E-state index in [1.54, 1.807) is 18.3 Å². The number of anilines is 1. The summed E-state index contributed by atoms with van der Waals surface area (Å²) in [6, 6.07) is 24.0. The van der Waals surface area contributed by atoms with Gasteiger partial charge in [-0.15, -0.1) is 0 Å². The first kappa shape index (κ1) is 23.9. The molecule has 1 fully saturated rings. The first-order chi connectivity index (χ1) is 18.6. The highest BCUT2D eigenvalue weighted by atomic mass is 19.1. The van der Waals surface area contributed by atoms with Gasteiger partial charge in [-0.1, -0.05) is 36.9 Å². The zero-order valence-electron chi connectivity index (χ0n) is 20.9. The van der Waals surface area contributed by atoms with Gasteiger partial charge in [-0.05, 0) is 79.1 Å². The molecule has 1 aliphatic heterocycles. The van der Waals surface area contributed by atoms with E-state index in [1.807, 2.05) is 54.6 Å². The Morgan fingerprint density at radius 3 is 2.45 bits per heavy atom. The van der Waals surface area contributed by atoms with Crippen molar-refractivity contribution in [1.82, 2.24) is 20.1 Å². The van der Waals surface area contributed by atoms with Gasteiger partial charge in [-0.2, -0.15) is 5.10 Å². The van der Waals surface area contributed by atoms with Crippen molar-refractivity contribution in [2.24, 2.45) is 0 Å². The van der Waals surface area contributed by atoms with Crippen LogP contribution in [0.2, 0.25) is 0 Å². The van der Waals surface area contributed by atoms with Crippen LogP contribution in [0, 0.1) is 5.82 Å². The second-order valence-corrected chi connectivity index (χ2v) is 9.50. The number of hydrogen-bond donors (Lipinski definition) is 2. The number of benzene rings is 3. The maximum atomic E-state index is 13.6. The van der Waals surface area contributed by atoms with Gasteiger partial charge in [0.25, 0.3) is 0 Å². The van der Waals surface area contributed by atoms with E-state index in [9.17, 15) is 4.39 Å². The molecule has 0 saturated carbocycles. The van der Waals surface area contributed by atoms with Gasteiger partial charge in [0.1, 0.15) is 28.8 Å². The molecule has 0 bridgehead atoms. The third kappa shape index (κ3) is 4.53. The summed E-state index contributed by atoms with van der Waals surface area (Å²) in [5.74, 6) is 1.63. The Kier molecular flexibility index (Phi) is 6.35. The number of para-hydroxylation sites is 1. The van der Waals surface area contributed by atoms with Crippen LogP contribution in [-0.4, -0.2) is 27.9 Å². The van der Waals surface area contributed by atoms with Crippen LogP contribution in [0.3, 0.4) is 0 Å². The summed E-state index contributed by atoms with van der Waals surface area (Å²) in [5, 5.41) is 9.40. The van der Waals surface area contributed by atoms with E-state index in [2.05, 4.69) is 21.6 Å². The fraction of sp³-hybridized carbons (Fsp3) is 0.161. The number of nitrogens with zero attached hydrogens (tertiary/aromatic N) is 3. The van der Waals surface area contributed by atoms with Crippen molar-refractivity contribution in [2.45, 2.75) is 18.9 Å². The van der Waals surface area contributed by atoms with Gasteiger partial charge in [0, 0.05) is 23.9 Å². The molecular formula is C31H28FN5O. The number of halogens is 1. The van der Waals surface area contributed by atoms with Gasteiger partial charge in [0.2, 0.25) is 0 Å². The second kappa shape index (κ2) is 10.1. The number of nitrogens with two attached hydrogens (primary N) is 1. The van der Waals surface area contributed by atoms with Gasteiger partial charge < -0.3 is 15.8 Å². The Morgan fingerprint density at radius 2 is 1.74 bits per heavy atom. The predicted octanol–water partition coefficient (Wildman–Crippen LogP) is 6.60. The quantitative estimate of drug-likeness (QED) is 0.272. The molecule has 3 aromatic carbocycles. The molecular weight excluding hydrogens is 477 g/mol. The molecule has 1 saturated heterocycles. The molecule has 0 spiro atoms. The Bertz CT molecular complexity index is 1590. The molecule has 190 valence electrons. The Balaban J connectivity index is 1.47. The molecule has 1 atom stereocenters. The third-order valence-electron chi connectivity index (χ3n) is 7.00. The molecule has 5 aromatic rings. The smallest absolute Gasteiger partial charge is 0.135 e. The summed E-state index contributed by atoms with van der Waals surface area (Å²) in [5.41, 5.74) is 11.5. The van der Waals surface area contributed by atoms with Crippen molar-refractivity contribution in [3.8, 4) is 22.8 Å². The number of pyridine rings is 1. The fourth-order valence-corrected chi connectivity index (χ4v) is 5.04. The van der Waals surface area contributed by atoms with Crippen molar-refractivity contribution in [3.05, 3.63) is 109 Å². The lowest BCUT2D eigenvalue weighted by atomic mass is 9.97. The SMILES string of the molecule is C=C(c1ccc(F)cc1)c1cnc(N)c2c(-c3ccc(Oc4ccccc4)cc3)nn(C3CCCNC3)c12. The topological polar surface area (TPSA) is 78.0 Å². The molecule has 1 aliphatic rings. The summed E-state index contributed by atoms with van der Waals surface area (Å²) < 4.78 is 21.7. The molecule has 0 aliphatic carbocycles. The van der Waals surface area contributed by atoms with E-state index in [0.29, 0.717) is 5.82 Å². The molecule has 0 radical (unpaired) electrons. The van der Waals surface area contributed by atoms with Crippen LogP contribution in [-0.2, 0) is 0 Å². The standard InChI is InChI=1S/C31H28FN5O/c1-20(21-9-13-23(32)14-10-21)27-19-35-31(33)28-29(36-37(30(27)28)24-6-5-17-34-18-24)22-11-15-26(16-12-22)38-25-7-3-2-4-8-25/h2-4,7-16,19,24,34H,1,5-6,17-18H2,(H2,33,35). The summed E-state index contributed by atoms with van der Waals surface area (Å²) in [7, 11) is 0. The molecule has 3 heterocycles. The van der Waals surface area contributed by atoms with Gasteiger partial charge in [0.05, 0.1) is 16.9 Å². The van der Waals surface area contributed by atoms with Crippen LogP contribution in [0.15, 0.2) is 91.6 Å². The third-order valence-corrected chi connectivity index (χ3v) is 7.00. The maximum absolute atomic E-state index is 13.6. The van der Waals surface area contributed by atoms with Gasteiger partial charge in [0.15, 0.2) is 0 Å². The lowest BCUT2D eigenvalue weighted by molar-refractivity contribution is 0.355. The largest absolute Gasteiger partial charge is 0.457 e. The van der Waals surface area contributed by atoms with Crippen molar-refractivity contribution in [3.63, 3.8) is 0 Å². The van der Waals surface area contributed by atoms with Crippen molar-refractivity contribution < 1.29 is 9.13 Å². The zero-order valence-corrected chi connectivity index (χ0v) is 20.9. The minimum Gasteiger partial charge on any atom is -0.457 e. The predicted molar refractivity (Wildman–Crippen MR) is 150 cm³/mol. The van der Waals surface area contributed by atoms with Gasteiger partial charge >= 0.3 is 0 Å². The Labute approximate surface area is 220 Å². The molecule has 6 rings (SSSR count). The highest BCUT2D eigenvalue weighted by molar-refractivity contribution is 6.06. The minimum absolute atomic E-state index is 0.155. The molecule has 1 unspecified atom stereocenters. The molecule has 7 heteroatoms. The number of nitrogen functional groups attached to an aromatic ring is 1. The van der Waals surface area contributed by atoms with E-state index in [-0.39, 0.29) is 11.9 Å². The zero-order chi connectivity index (χ0) is 26.1. The number of piperidine rings is 1. The van der Waals surface area contributed by atoms with Crippen LogP contribution >= 0.6 is 0 Å². The highest BCUT2D eigenvalue weighted by Gasteiger charge is 2.26. The Morgan fingerprint density at radius 1 is 1.00 bits per heavy atom. The first-order valence-corrected chi connectivity index (χ1v) is 12.7. The number of ether oxygens (including phenoxy) is 1. The maximum Gasteiger partial charge on any atom is 0.135 e. The average molecular weight is 506 g/mol. The normalized spacial score (nSPS) is 15.4. The van der Waals surface area contributed by atoms with Crippen LogP contribution in [0.4, 0.5) is 10.2 Å². The summed E-state index contributed by atoms with van der Waals surface area (Å²) in [6.07, 6.45) is 3.80. The van der Waals surface area contributed by atoms with E-state index in [4.69, 9.17) is 15.6 Å². The number of nitrogens with one attached hydrogen (secondary N) is 1. The number of hydrogen-bond acceptors (Lipinski definition) is 5. The van der Waals surface area contributed by atoms with Crippen molar-refractivity contribution >= 4 is 22.3 Å². The summed E-state index contributed by atoms with van der Waals surface area (Å²) >= 11 is 0. The van der Waals surface area contributed by atoms with E-state index >= 15 is 0 Å². The lowest BCUT2D eigenvalue weighted by Gasteiger charge is -2.24. The summed E-state index contributed by atoms with van der Waals surface area (Å²) in [6.45, 7) is 6.15. The highest BCUT2D eigenvalue weighted by Crippen LogP contribution is 2.39. The van der Waals surface area contributed by atoms with Crippen LogP contribution < -0.4 is 15.8 Å². The minimum atomic E-state index is -0.289. The van der Waals surface area contributed by atoms with Crippen LogP contribution in [0.5, 0.6) is 11.5 Å².